The van der Waals surface area contributed by atoms with E-state index in [2.05, 4.69) is 5.32 Å². The molecule has 0 amide bonds. The number of rotatable bonds is 1. The summed E-state index contributed by atoms with van der Waals surface area (Å²) in [6, 6.07) is -0.118. The van der Waals surface area contributed by atoms with Crippen LogP contribution in [0.4, 0.5) is 0 Å². The Morgan fingerprint density at radius 3 is 2.50 bits per heavy atom. The number of β-amino-alcohol motifs (C(OH)–C–C–N with tert-alkyl or cyclic N) is 1. The molecule has 0 bridgehead atoms. The number of carbonyl (C=O) groups is 1. The van der Waals surface area contributed by atoms with Gasteiger partial charge in [-0.05, 0) is 6.92 Å². The average molecular weight is 145 g/mol. The average Bonchev–Trinajstić information content (AvgIpc) is 2.11. The summed E-state index contributed by atoms with van der Waals surface area (Å²) in [6.45, 7) is 2.15. The van der Waals surface area contributed by atoms with Gasteiger partial charge in [-0.3, -0.25) is 4.79 Å². The number of nitrogens with one attached hydrogen (secondary N) is 1. The van der Waals surface area contributed by atoms with E-state index in [0.717, 1.165) is 0 Å². The summed E-state index contributed by atoms with van der Waals surface area (Å²) in [5, 5.41) is 20.5. The van der Waals surface area contributed by atoms with Gasteiger partial charge < -0.3 is 15.5 Å². The first-order valence-corrected chi connectivity index (χ1v) is 3.27. The Bertz CT molecular complexity index is 138. The Labute approximate surface area is 58.9 Å². The van der Waals surface area contributed by atoms with E-state index in [9.17, 15) is 4.79 Å². The van der Waals surface area contributed by atoms with Gasteiger partial charge in [0.2, 0.25) is 0 Å². The fourth-order valence-electron chi connectivity index (χ4n) is 1.27. The van der Waals surface area contributed by atoms with Crippen LogP contribution in [-0.4, -0.2) is 34.9 Å². The molecule has 10 heavy (non-hydrogen) atoms. The summed E-state index contributed by atoms with van der Waals surface area (Å²) < 4.78 is 0. The molecule has 0 aromatic rings. The Balaban J connectivity index is 2.63. The van der Waals surface area contributed by atoms with Crippen LogP contribution in [0, 0.1) is 5.92 Å². The molecule has 1 fully saturated rings. The maximum absolute atomic E-state index is 10.4. The van der Waals surface area contributed by atoms with E-state index in [1.54, 1.807) is 6.92 Å². The highest BCUT2D eigenvalue weighted by molar-refractivity contribution is 5.72. The van der Waals surface area contributed by atoms with Crippen LogP contribution < -0.4 is 5.32 Å². The van der Waals surface area contributed by atoms with Crippen molar-refractivity contribution in [2.24, 2.45) is 5.92 Å². The molecule has 0 aromatic heterocycles. The van der Waals surface area contributed by atoms with Crippen molar-refractivity contribution in [3.05, 3.63) is 0 Å². The second kappa shape index (κ2) is 2.56. The molecule has 4 heteroatoms. The van der Waals surface area contributed by atoms with Gasteiger partial charge in [-0.25, -0.2) is 0 Å². The van der Waals surface area contributed by atoms with Crippen LogP contribution in [0.5, 0.6) is 0 Å². The van der Waals surface area contributed by atoms with E-state index < -0.39 is 18.0 Å². The van der Waals surface area contributed by atoms with Gasteiger partial charge in [-0.15, -0.1) is 0 Å². The first-order valence-electron chi connectivity index (χ1n) is 3.27. The minimum atomic E-state index is -0.926. The van der Waals surface area contributed by atoms with Gasteiger partial charge in [0.1, 0.15) is 0 Å². The molecular formula is C6H11NO3. The summed E-state index contributed by atoms with van der Waals surface area (Å²) in [5.41, 5.74) is 0. The molecule has 1 aliphatic rings. The second-order valence-electron chi connectivity index (χ2n) is 2.63. The van der Waals surface area contributed by atoms with Gasteiger partial charge in [0.25, 0.3) is 0 Å². The summed E-state index contributed by atoms with van der Waals surface area (Å²) >= 11 is 0. The predicted molar refractivity (Wildman–Crippen MR) is 34.6 cm³/mol. The summed E-state index contributed by atoms with van der Waals surface area (Å²) in [7, 11) is 0. The fourth-order valence-corrected chi connectivity index (χ4v) is 1.27. The van der Waals surface area contributed by atoms with Crippen molar-refractivity contribution in [2.75, 3.05) is 6.54 Å². The summed E-state index contributed by atoms with van der Waals surface area (Å²) in [4.78, 5) is 10.4. The zero-order valence-electron chi connectivity index (χ0n) is 5.74. The zero-order valence-corrected chi connectivity index (χ0v) is 5.74. The first kappa shape index (κ1) is 7.50. The van der Waals surface area contributed by atoms with Crippen LogP contribution in [0.2, 0.25) is 0 Å². The Morgan fingerprint density at radius 1 is 1.70 bits per heavy atom. The lowest BCUT2D eigenvalue weighted by Gasteiger charge is -2.11. The molecule has 1 aliphatic heterocycles. The molecule has 0 spiro atoms. The van der Waals surface area contributed by atoms with Gasteiger partial charge in [-0.1, -0.05) is 0 Å². The van der Waals surface area contributed by atoms with Gasteiger partial charge in [0.15, 0.2) is 0 Å². The summed E-state index contributed by atoms with van der Waals surface area (Å²) in [5.74, 6) is -1.56. The minimum absolute atomic E-state index is 0.118. The maximum Gasteiger partial charge on any atom is 0.310 e. The normalized spacial score (nSPS) is 40.0. The number of aliphatic hydroxyl groups is 1. The highest BCUT2D eigenvalue weighted by Gasteiger charge is 2.37. The molecule has 1 rings (SSSR count). The molecule has 3 N–H and O–H groups in total. The lowest BCUT2D eigenvalue weighted by molar-refractivity contribution is -0.144. The second-order valence-corrected chi connectivity index (χ2v) is 2.63. The van der Waals surface area contributed by atoms with Crippen LogP contribution in [0.15, 0.2) is 0 Å². The smallest absolute Gasteiger partial charge is 0.310 e. The third-order valence-corrected chi connectivity index (χ3v) is 1.89. The van der Waals surface area contributed by atoms with Crippen molar-refractivity contribution in [1.82, 2.24) is 5.32 Å². The number of aliphatic carboxylic acids is 1. The van der Waals surface area contributed by atoms with Crippen molar-refractivity contribution < 1.29 is 15.0 Å². The van der Waals surface area contributed by atoms with Gasteiger partial charge >= 0.3 is 5.97 Å². The zero-order chi connectivity index (χ0) is 7.72. The highest BCUT2D eigenvalue weighted by atomic mass is 16.4. The molecule has 0 radical (unpaired) electrons. The van der Waals surface area contributed by atoms with Gasteiger partial charge in [0, 0.05) is 12.6 Å². The molecule has 1 heterocycles. The molecule has 0 aromatic carbocycles. The van der Waals surface area contributed by atoms with E-state index in [-0.39, 0.29) is 6.04 Å². The molecule has 4 nitrogen and oxygen atoms in total. The van der Waals surface area contributed by atoms with E-state index >= 15 is 0 Å². The third kappa shape index (κ3) is 1.12. The SMILES string of the molecule is C[C@H]1NC[C@H](O)[C@H]1C(=O)O. The minimum Gasteiger partial charge on any atom is -0.481 e. The van der Waals surface area contributed by atoms with Gasteiger partial charge in [-0.2, -0.15) is 0 Å². The monoisotopic (exact) mass is 145 g/mol. The van der Waals surface area contributed by atoms with Crippen LogP contribution >= 0.6 is 0 Å². The third-order valence-electron chi connectivity index (χ3n) is 1.89. The Hall–Kier alpha value is -0.610. The van der Waals surface area contributed by atoms with Crippen molar-refractivity contribution in [3.63, 3.8) is 0 Å². The number of carboxylic acids is 1. The van der Waals surface area contributed by atoms with E-state index in [1.165, 1.54) is 0 Å². The molecule has 3 atom stereocenters. The van der Waals surface area contributed by atoms with Crippen LogP contribution in [0.25, 0.3) is 0 Å². The number of carboxylic acid groups (broad SMARTS) is 1. The number of hydrogen-bond acceptors (Lipinski definition) is 3. The molecule has 0 aliphatic carbocycles. The lowest BCUT2D eigenvalue weighted by Crippen LogP contribution is -2.31. The highest BCUT2D eigenvalue weighted by Crippen LogP contribution is 2.15. The molecular weight excluding hydrogens is 134 g/mol. The topological polar surface area (TPSA) is 69.6 Å². The number of aliphatic hydroxyl groups excluding tert-OH is 1. The molecule has 0 saturated carbocycles. The van der Waals surface area contributed by atoms with Crippen LogP contribution in [0.3, 0.4) is 0 Å². The summed E-state index contributed by atoms with van der Waals surface area (Å²) in [6.07, 6.45) is -0.729. The largest absolute Gasteiger partial charge is 0.481 e. The molecule has 58 valence electrons. The Kier molecular flexibility index (Phi) is 1.92. The maximum atomic E-state index is 10.4. The van der Waals surface area contributed by atoms with Crippen molar-refractivity contribution in [3.8, 4) is 0 Å². The predicted octanol–water partition coefficient (Wildman–Crippen LogP) is -0.960. The Morgan fingerprint density at radius 2 is 2.30 bits per heavy atom. The quantitative estimate of drug-likeness (QED) is 0.444. The van der Waals surface area contributed by atoms with E-state index in [4.69, 9.17) is 10.2 Å². The van der Waals surface area contributed by atoms with Crippen molar-refractivity contribution in [1.29, 1.82) is 0 Å². The molecule has 1 saturated heterocycles. The van der Waals surface area contributed by atoms with Crippen LogP contribution in [-0.2, 0) is 4.79 Å². The van der Waals surface area contributed by atoms with Crippen molar-refractivity contribution in [2.45, 2.75) is 19.1 Å². The first-order chi connectivity index (χ1) is 4.63. The molecule has 0 unspecified atom stereocenters. The fraction of sp³-hybridized carbons (Fsp3) is 0.833. The number of hydrogen-bond donors (Lipinski definition) is 3. The van der Waals surface area contributed by atoms with Crippen LogP contribution in [0.1, 0.15) is 6.92 Å². The van der Waals surface area contributed by atoms with E-state index in [0.29, 0.717) is 6.54 Å². The lowest BCUT2D eigenvalue weighted by atomic mass is 10.0. The van der Waals surface area contributed by atoms with Gasteiger partial charge in [0.05, 0.1) is 12.0 Å². The van der Waals surface area contributed by atoms with E-state index in [1.807, 2.05) is 0 Å². The standard InChI is InChI=1S/C6H11NO3/c1-3-5(6(9)10)4(8)2-7-3/h3-5,7-8H,2H2,1H3,(H,9,10)/t3-,4+,5+/m1/s1. The van der Waals surface area contributed by atoms with Crippen molar-refractivity contribution >= 4 is 5.97 Å².